The Bertz CT molecular complexity index is 333. The second kappa shape index (κ2) is 5.16. The summed E-state index contributed by atoms with van der Waals surface area (Å²) >= 11 is 1.41. The minimum absolute atomic E-state index is 0.0544. The number of hydrogen-bond acceptors (Lipinski definition) is 3. The minimum atomic E-state index is 0.0544. The van der Waals surface area contributed by atoms with Crippen molar-refractivity contribution in [1.29, 1.82) is 0 Å². The van der Waals surface area contributed by atoms with E-state index in [0.717, 1.165) is 13.1 Å². The van der Waals surface area contributed by atoms with Crippen molar-refractivity contribution in [1.82, 2.24) is 4.90 Å². The molecule has 0 aliphatic carbocycles. The third kappa shape index (κ3) is 2.96. The van der Waals surface area contributed by atoms with Crippen LogP contribution >= 0.6 is 11.3 Å². The highest BCUT2D eigenvalue weighted by Crippen LogP contribution is 2.21. The maximum absolute atomic E-state index is 12.0. The first kappa shape index (κ1) is 12.0. The summed E-state index contributed by atoms with van der Waals surface area (Å²) in [5.41, 5.74) is 6.32. The molecule has 0 atom stereocenters. The first-order valence-corrected chi connectivity index (χ1v) is 6.06. The Hall–Kier alpha value is -1.03. The molecule has 0 aromatic carbocycles. The van der Waals surface area contributed by atoms with Gasteiger partial charge in [0.25, 0.3) is 5.91 Å². The van der Waals surface area contributed by atoms with Crippen molar-refractivity contribution in [2.45, 2.75) is 20.8 Å². The Balaban J connectivity index is 2.78. The van der Waals surface area contributed by atoms with Crippen LogP contribution in [0, 0.1) is 5.92 Å². The topological polar surface area (TPSA) is 46.3 Å². The molecule has 1 heterocycles. The van der Waals surface area contributed by atoms with Gasteiger partial charge in [0.15, 0.2) is 0 Å². The van der Waals surface area contributed by atoms with Crippen molar-refractivity contribution in [3.63, 3.8) is 0 Å². The molecular weight excluding hydrogens is 208 g/mol. The van der Waals surface area contributed by atoms with Gasteiger partial charge in [0.1, 0.15) is 4.88 Å². The van der Waals surface area contributed by atoms with Crippen molar-refractivity contribution in [2.75, 3.05) is 18.8 Å². The van der Waals surface area contributed by atoms with Crippen LogP contribution < -0.4 is 5.73 Å². The molecule has 0 bridgehead atoms. The van der Waals surface area contributed by atoms with Gasteiger partial charge in [-0.3, -0.25) is 4.79 Å². The van der Waals surface area contributed by atoms with E-state index < -0.39 is 0 Å². The van der Waals surface area contributed by atoms with Crippen LogP contribution in [0.2, 0.25) is 0 Å². The zero-order valence-electron chi connectivity index (χ0n) is 9.49. The summed E-state index contributed by atoms with van der Waals surface area (Å²) in [7, 11) is 0. The number of hydrogen-bond donors (Lipinski definition) is 1. The third-order valence-corrected chi connectivity index (χ3v) is 3.06. The summed E-state index contributed by atoms with van der Waals surface area (Å²) in [5.74, 6) is 0.536. The van der Waals surface area contributed by atoms with Crippen LogP contribution in [0.3, 0.4) is 0 Å². The minimum Gasteiger partial charge on any atom is -0.397 e. The molecule has 0 radical (unpaired) electrons. The molecular formula is C11H18N2OS. The number of carbonyl (C=O) groups is 1. The molecule has 4 heteroatoms. The van der Waals surface area contributed by atoms with Gasteiger partial charge in [0, 0.05) is 13.1 Å². The molecule has 0 spiro atoms. The van der Waals surface area contributed by atoms with Gasteiger partial charge in [-0.05, 0) is 24.3 Å². The van der Waals surface area contributed by atoms with Crippen molar-refractivity contribution in [3.8, 4) is 0 Å². The molecule has 15 heavy (non-hydrogen) atoms. The number of carbonyl (C=O) groups excluding carboxylic acids is 1. The molecule has 1 aromatic rings. The van der Waals surface area contributed by atoms with Gasteiger partial charge in [-0.1, -0.05) is 13.8 Å². The quantitative estimate of drug-likeness (QED) is 0.857. The van der Waals surface area contributed by atoms with E-state index in [1.165, 1.54) is 11.3 Å². The predicted octanol–water partition coefficient (Wildman–Crippen LogP) is 2.45. The van der Waals surface area contributed by atoms with E-state index in [-0.39, 0.29) is 5.91 Å². The van der Waals surface area contributed by atoms with Gasteiger partial charge in [0.05, 0.1) is 5.69 Å². The van der Waals surface area contributed by atoms with Crippen LogP contribution in [-0.4, -0.2) is 23.9 Å². The van der Waals surface area contributed by atoms with Crippen molar-refractivity contribution in [3.05, 3.63) is 16.3 Å². The monoisotopic (exact) mass is 226 g/mol. The molecule has 1 aromatic heterocycles. The lowest BCUT2D eigenvalue weighted by Crippen LogP contribution is -2.33. The van der Waals surface area contributed by atoms with E-state index in [4.69, 9.17) is 5.73 Å². The summed E-state index contributed by atoms with van der Waals surface area (Å²) in [4.78, 5) is 14.6. The Kier molecular flexibility index (Phi) is 4.15. The molecule has 2 N–H and O–H groups in total. The van der Waals surface area contributed by atoms with Gasteiger partial charge in [-0.2, -0.15) is 0 Å². The average molecular weight is 226 g/mol. The highest BCUT2D eigenvalue weighted by molar-refractivity contribution is 7.12. The van der Waals surface area contributed by atoms with E-state index in [2.05, 4.69) is 13.8 Å². The summed E-state index contributed by atoms with van der Waals surface area (Å²) in [6.45, 7) is 7.71. The van der Waals surface area contributed by atoms with Crippen LogP contribution in [0.1, 0.15) is 30.4 Å². The number of anilines is 1. The molecule has 1 amide bonds. The first-order valence-electron chi connectivity index (χ1n) is 5.18. The molecule has 0 fully saturated rings. The van der Waals surface area contributed by atoms with Gasteiger partial charge in [-0.25, -0.2) is 0 Å². The van der Waals surface area contributed by atoms with Crippen LogP contribution in [-0.2, 0) is 0 Å². The number of nitrogen functional groups attached to an aromatic ring is 1. The molecule has 3 nitrogen and oxygen atoms in total. The molecule has 0 unspecified atom stereocenters. The van der Waals surface area contributed by atoms with Gasteiger partial charge in [-0.15, -0.1) is 11.3 Å². The van der Waals surface area contributed by atoms with Gasteiger partial charge in [0.2, 0.25) is 0 Å². The number of thiophene rings is 1. The number of nitrogens with two attached hydrogens (primary N) is 1. The number of nitrogens with zero attached hydrogens (tertiary/aromatic N) is 1. The Morgan fingerprint density at radius 1 is 1.60 bits per heavy atom. The summed E-state index contributed by atoms with van der Waals surface area (Å²) in [6.07, 6.45) is 0. The van der Waals surface area contributed by atoms with E-state index >= 15 is 0 Å². The zero-order valence-corrected chi connectivity index (χ0v) is 10.3. The molecule has 0 aliphatic rings. The zero-order chi connectivity index (χ0) is 11.4. The van der Waals surface area contributed by atoms with Crippen LogP contribution in [0.5, 0.6) is 0 Å². The highest BCUT2D eigenvalue weighted by atomic mass is 32.1. The fourth-order valence-corrected chi connectivity index (χ4v) is 2.22. The van der Waals surface area contributed by atoms with Crippen molar-refractivity contribution >= 4 is 22.9 Å². The Morgan fingerprint density at radius 3 is 2.67 bits per heavy atom. The first-order chi connectivity index (χ1) is 7.06. The van der Waals surface area contributed by atoms with Gasteiger partial charge >= 0.3 is 0 Å². The van der Waals surface area contributed by atoms with Crippen molar-refractivity contribution < 1.29 is 4.79 Å². The normalized spacial score (nSPS) is 10.7. The van der Waals surface area contributed by atoms with Crippen LogP contribution in [0.15, 0.2) is 11.4 Å². The molecule has 0 saturated heterocycles. The summed E-state index contributed by atoms with van der Waals surface area (Å²) in [5, 5.41) is 1.85. The summed E-state index contributed by atoms with van der Waals surface area (Å²) in [6, 6.07) is 1.78. The number of rotatable bonds is 4. The van der Waals surface area contributed by atoms with Crippen molar-refractivity contribution in [2.24, 2.45) is 5.92 Å². The Morgan fingerprint density at radius 2 is 2.27 bits per heavy atom. The fourth-order valence-electron chi connectivity index (χ4n) is 1.43. The second-order valence-electron chi connectivity index (χ2n) is 3.94. The molecule has 1 rings (SSSR count). The fraction of sp³-hybridized carbons (Fsp3) is 0.545. The van der Waals surface area contributed by atoms with E-state index in [0.29, 0.717) is 16.5 Å². The standard InChI is InChI=1S/C11H18N2OS/c1-4-13(7-8(2)3)11(14)10-9(12)5-6-15-10/h5-6,8H,4,7,12H2,1-3H3. The maximum atomic E-state index is 12.0. The van der Waals surface area contributed by atoms with E-state index in [9.17, 15) is 4.79 Å². The summed E-state index contributed by atoms with van der Waals surface area (Å²) < 4.78 is 0. The van der Waals surface area contributed by atoms with Crippen LogP contribution in [0.25, 0.3) is 0 Å². The lowest BCUT2D eigenvalue weighted by atomic mass is 10.2. The lowest BCUT2D eigenvalue weighted by molar-refractivity contribution is 0.0751. The van der Waals surface area contributed by atoms with Crippen LogP contribution in [0.4, 0.5) is 5.69 Å². The SMILES string of the molecule is CCN(CC(C)C)C(=O)c1sccc1N. The number of amides is 1. The second-order valence-corrected chi connectivity index (χ2v) is 4.86. The molecule has 0 saturated carbocycles. The third-order valence-electron chi connectivity index (χ3n) is 2.14. The molecule has 0 aliphatic heterocycles. The van der Waals surface area contributed by atoms with Gasteiger partial charge < -0.3 is 10.6 Å². The van der Waals surface area contributed by atoms with E-state index in [1.54, 1.807) is 6.07 Å². The molecule has 84 valence electrons. The average Bonchev–Trinajstić information content (AvgIpc) is 2.59. The lowest BCUT2D eigenvalue weighted by Gasteiger charge is -2.22. The highest BCUT2D eigenvalue weighted by Gasteiger charge is 2.18. The maximum Gasteiger partial charge on any atom is 0.266 e. The smallest absolute Gasteiger partial charge is 0.266 e. The Labute approximate surface area is 94.9 Å². The van der Waals surface area contributed by atoms with E-state index in [1.807, 2.05) is 17.2 Å². The predicted molar refractivity (Wildman–Crippen MR) is 65.1 cm³/mol. The largest absolute Gasteiger partial charge is 0.397 e.